The van der Waals surface area contributed by atoms with E-state index in [1.807, 2.05) is 18.4 Å². The van der Waals surface area contributed by atoms with E-state index in [1.165, 1.54) is 0 Å². The highest BCUT2D eigenvalue weighted by Gasteiger charge is 2.18. The van der Waals surface area contributed by atoms with Gasteiger partial charge in [-0.3, -0.25) is 4.72 Å². The maximum absolute atomic E-state index is 12.5. The van der Waals surface area contributed by atoms with Crippen molar-refractivity contribution in [3.8, 4) is 5.75 Å². The van der Waals surface area contributed by atoms with Gasteiger partial charge in [0.05, 0.1) is 4.90 Å². The second-order valence-electron chi connectivity index (χ2n) is 6.43. The summed E-state index contributed by atoms with van der Waals surface area (Å²) in [6.07, 6.45) is 4.20. The summed E-state index contributed by atoms with van der Waals surface area (Å²) < 4.78 is 33.6. The number of likely N-dealkylation sites (tertiary alicyclic amines) is 1. The quantitative estimate of drug-likeness (QED) is 0.760. The molecular weight excluding hydrogens is 368 g/mol. The van der Waals surface area contributed by atoms with Crippen molar-refractivity contribution in [1.82, 2.24) is 4.90 Å². The summed E-state index contributed by atoms with van der Waals surface area (Å²) in [5.74, 6) is 0.770. The first-order valence-corrected chi connectivity index (χ1v) is 11.3. The van der Waals surface area contributed by atoms with Gasteiger partial charge in [-0.1, -0.05) is 0 Å². The van der Waals surface area contributed by atoms with Crippen LogP contribution in [0.2, 0.25) is 0 Å². The Morgan fingerprint density at radius 1 is 1.04 bits per heavy atom. The Labute approximate surface area is 159 Å². The molecule has 0 spiro atoms. The van der Waals surface area contributed by atoms with Crippen molar-refractivity contribution >= 4 is 27.5 Å². The van der Waals surface area contributed by atoms with E-state index in [9.17, 15) is 8.42 Å². The van der Waals surface area contributed by atoms with Crippen molar-refractivity contribution in [3.05, 3.63) is 48.5 Å². The van der Waals surface area contributed by atoms with E-state index in [1.54, 1.807) is 48.2 Å². The van der Waals surface area contributed by atoms with Gasteiger partial charge in [-0.25, -0.2) is 8.42 Å². The maximum atomic E-state index is 12.5. The Morgan fingerprint density at radius 2 is 1.65 bits per heavy atom. The topological polar surface area (TPSA) is 58.6 Å². The van der Waals surface area contributed by atoms with Crippen LogP contribution in [0.15, 0.2) is 58.3 Å². The van der Waals surface area contributed by atoms with Crippen molar-refractivity contribution in [1.29, 1.82) is 0 Å². The van der Waals surface area contributed by atoms with Crippen LogP contribution >= 0.6 is 11.8 Å². The minimum absolute atomic E-state index is 0.226. The molecule has 1 saturated heterocycles. The standard InChI is InChI=1S/C19H24N2O3S2/c1-21-13-11-17(12-14-21)24-16-5-3-15(4-6-16)20-26(22,23)19-9-7-18(25-2)8-10-19/h3-10,17,20H,11-14H2,1-2H3. The highest BCUT2D eigenvalue weighted by atomic mass is 32.2. The van der Waals surface area contributed by atoms with Gasteiger partial charge < -0.3 is 9.64 Å². The number of nitrogens with one attached hydrogen (secondary N) is 1. The number of nitrogens with zero attached hydrogens (tertiary/aromatic N) is 1. The monoisotopic (exact) mass is 392 g/mol. The van der Waals surface area contributed by atoms with Gasteiger partial charge >= 0.3 is 0 Å². The molecule has 0 bridgehead atoms. The first kappa shape index (κ1) is 19.1. The summed E-state index contributed by atoms with van der Waals surface area (Å²) in [5, 5.41) is 0. The highest BCUT2D eigenvalue weighted by molar-refractivity contribution is 7.98. The lowest BCUT2D eigenvalue weighted by Crippen LogP contribution is -2.35. The Kier molecular flexibility index (Phi) is 6.11. The first-order chi connectivity index (χ1) is 12.5. The first-order valence-electron chi connectivity index (χ1n) is 8.58. The van der Waals surface area contributed by atoms with E-state index >= 15 is 0 Å². The Hall–Kier alpha value is -1.70. The second-order valence-corrected chi connectivity index (χ2v) is 8.99. The molecule has 1 N–H and O–H groups in total. The van der Waals surface area contributed by atoms with E-state index in [2.05, 4.69) is 16.7 Å². The molecule has 0 aromatic heterocycles. The van der Waals surface area contributed by atoms with Crippen molar-refractivity contribution < 1.29 is 13.2 Å². The third-order valence-electron chi connectivity index (χ3n) is 4.44. The Balaban J connectivity index is 1.62. The van der Waals surface area contributed by atoms with Gasteiger partial charge in [0.2, 0.25) is 0 Å². The molecule has 1 aliphatic rings. The van der Waals surface area contributed by atoms with E-state index < -0.39 is 10.0 Å². The summed E-state index contributed by atoms with van der Waals surface area (Å²) in [5.41, 5.74) is 0.523. The third kappa shape index (κ3) is 4.93. The predicted octanol–water partition coefficient (Wildman–Crippen LogP) is 3.68. The van der Waals surface area contributed by atoms with Gasteiger partial charge in [0, 0.05) is 23.7 Å². The molecule has 1 heterocycles. The molecule has 7 heteroatoms. The van der Waals surface area contributed by atoms with Crippen LogP contribution in [0, 0.1) is 0 Å². The van der Waals surface area contributed by atoms with Crippen LogP contribution in [0.3, 0.4) is 0 Å². The van der Waals surface area contributed by atoms with Gasteiger partial charge in [0.25, 0.3) is 10.0 Å². The fourth-order valence-corrected chi connectivity index (χ4v) is 4.33. The summed E-state index contributed by atoms with van der Waals surface area (Å²) in [4.78, 5) is 3.57. The highest BCUT2D eigenvalue weighted by Crippen LogP contribution is 2.23. The molecule has 26 heavy (non-hydrogen) atoms. The molecule has 0 amide bonds. The van der Waals surface area contributed by atoms with Crippen LogP contribution in [-0.2, 0) is 10.0 Å². The summed E-state index contributed by atoms with van der Waals surface area (Å²) in [6, 6.07) is 13.9. The number of hydrogen-bond acceptors (Lipinski definition) is 5. The van der Waals surface area contributed by atoms with Crippen molar-refractivity contribution in [2.75, 3.05) is 31.1 Å². The lowest BCUT2D eigenvalue weighted by molar-refractivity contribution is 0.114. The van der Waals surface area contributed by atoms with Crippen molar-refractivity contribution in [3.63, 3.8) is 0 Å². The number of ether oxygens (including phenoxy) is 1. The minimum atomic E-state index is -3.59. The number of hydrogen-bond donors (Lipinski definition) is 1. The molecular formula is C19H24N2O3S2. The van der Waals surface area contributed by atoms with E-state index in [-0.39, 0.29) is 11.0 Å². The van der Waals surface area contributed by atoms with Crippen molar-refractivity contribution in [2.24, 2.45) is 0 Å². The molecule has 1 aliphatic heterocycles. The predicted molar refractivity (Wildman–Crippen MR) is 107 cm³/mol. The van der Waals surface area contributed by atoms with Crippen molar-refractivity contribution in [2.45, 2.75) is 28.7 Å². The van der Waals surface area contributed by atoms with Gasteiger partial charge in [0.1, 0.15) is 11.9 Å². The number of rotatable bonds is 6. The van der Waals surface area contributed by atoms with Crippen LogP contribution in [-0.4, -0.2) is 45.8 Å². The van der Waals surface area contributed by atoms with Crippen LogP contribution in [0.25, 0.3) is 0 Å². The molecule has 2 aromatic rings. The largest absolute Gasteiger partial charge is 0.490 e. The van der Waals surface area contributed by atoms with Crippen LogP contribution in [0.5, 0.6) is 5.75 Å². The number of benzene rings is 2. The molecule has 0 radical (unpaired) electrons. The molecule has 3 rings (SSSR count). The Bertz CT molecular complexity index is 813. The fraction of sp³-hybridized carbons (Fsp3) is 0.368. The number of thioether (sulfide) groups is 1. The van der Waals surface area contributed by atoms with Gasteiger partial charge in [-0.2, -0.15) is 0 Å². The van der Waals surface area contributed by atoms with Gasteiger partial charge in [0.15, 0.2) is 0 Å². The maximum Gasteiger partial charge on any atom is 0.261 e. The lowest BCUT2D eigenvalue weighted by atomic mass is 10.1. The smallest absolute Gasteiger partial charge is 0.261 e. The molecule has 0 atom stereocenters. The number of anilines is 1. The zero-order valence-electron chi connectivity index (χ0n) is 15.0. The molecule has 0 aliphatic carbocycles. The second kappa shape index (κ2) is 8.33. The van der Waals surface area contributed by atoms with E-state index in [0.29, 0.717) is 5.69 Å². The average molecular weight is 393 g/mol. The fourth-order valence-electron chi connectivity index (χ4n) is 2.87. The van der Waals surface area contributed by atoms with E-state index in [0.717, 1.165) is 36.6 Å². The summed E-state index contributed by atoms with van der Waals surface area (Å²) >= 11 is 1.58. The Morgan fingerprint density at radius 3 is 2.23 bits per heavy atom. The average Bonchev–Trinajstić information content (AvgIpc) is 2.65. The molecule has 2 aromatic carbocycles. The summed E-state index contributed by atoms with van der Waals surface area (Å²) in [6.45, 7) is 2.08. The molecule has 1 fully saturated rings. The van der Waals surface area contributed by atoms with Crippen LogP contribution in [0.4, 0.5) is 5.69 Å². The van der Waals surface area contributed by atoms with Gasteiger partial charge in [-0.05, 0) is 74.7 Å². The number of piperidine rings is 1. The van der Waals surface area contributed by atoms with Crippen LogP contribution in [0.1, 0.15) is 12.8 Å². The molecule has 140 valence electrons. The summed E-state index contributed by atoms with van der Waals surface area (Å²) in [7, 11) is -1.47. The lowest BCUT2D eigenvalue weighted by Gasteiger charge is -2.29. The zero-order valence-corrected chi connectivity index (χ0v) is 16.6. The third-order valence-corrected chi connectivity index (χ3v) is 6.59. The minimum Gasteiger partial charge on any atom is -0.490 e. The normalized spacial score (nSPS) is 16.4. The molecule has 5 nitrogen and oxygen atoms in total. The van der Waals surface area contributed by atoms with Crippen LogP contribution < -0.4 is 9.46 Å². The molecule has 0 saturated carbocycles. The van der Waals surface area contributed by atoms with E-state index in [4.69, 9.17) is 4.74 Å². The zero-order chi connectivity index (χ0) is 18.6. The number of sulfonamides is 1. The molecule has 0 unspecified atom stereocenters. The SMILES string of the molecule is CSc1ccc(S(=O)(=O)Nc2ccc(OC3CCN(C)CC3)cc2)cc1. The van der Waals surface area contributed by atoms with Gasteiger partial charge in [-0.15, -0.1) is 11.8 Å².